The number of thioether (sulfide) groups is 1. The number of benzene rings is 2. The standard InChI is InChI=1S/C23H23N3O3S/c1-3-29-22(27)19-14-26(23(28)24-15-7-6-8-16(13-15)30-2)12-11-18-17-9-4-5-10-20(17)25-21(18)19/h4-10,13-14,25H,3,11-12H2,1-2H3,(H,24,28). The Bertz CT molecular complexity index is 1140. The van der Waals surface area contributed by atoms with Crippen LogP contribution in [0.2, 0.25) is 0 Å². The van der Waals surface area contributed by atoms with Crippen LogP contribution in [-0.4, -0.2) is 41.3 Å². The molecule has 0 unspecified atom stereocenters. The van der Waals surface area contributed by atoms with Gasteiger partial charge in [0.1, 0.15) is 0 Å². The van der Waals surface area contributed by atoms with E-state index in [1.54, 1.807) is 29.8 Å². The van der Waals surface area contributed by atoms with Gasteiger partial charge >= 0.3 is 12.0 Å². The normalized spacial score (nSPS) is 13.4. The van der Waals surface area contributed by atoms with Gasteiger partial charge in [0, 0.05) is 34.2 Å². The van der Waals surface area contributed by atoms with Crippen LogP contribution in [0.25, 0.3) is 16.5 Å². The Hall–Kier alpha value is -3.19. The lowest BCUT2D eigenvalue weighted by Crippen LogP contribution is -2.32. The average molecular weight is 422 g/mol. The number of carbonyl (C=O) groups is 2. The lowest BCUT2D eigenvalue weighted by molar-refractivity contribution is -0.136. The van der Waals surface area contributed by atoms with E-state index in [9.17, 15) is 9.59 Å². The van der Waals surface area contributed by atoms with E-state index in [2.05, 4.69) is 10.3 Å². The van der Waals surface area contributed by atoms with Crippen molar-refractivity contribution in [1.82, 2.24) is 9.88 Å². The molecule has 1 aliphatic rings. The molecule has 2 N–H and O–H groups in total. The number of rotatable bonds is 4. The number of nitrogens with zero attached hydrogens (tertiary/aromatic N) is 1. The summed E-state index contributed by atoms with van der Waals surface area (Å²) in [7, 11) is 0. The van der Waals surface area contributed by atoms with E-state index >= 15 is 0 Å². The minimum Gasteiger partial charge on any atom is -0.462 e. The quantitative estimate of drug-likeness (QED) is 0.465. The number of hydrogen-bond donors (Lipinski definition) is 2. The summed E-state index contributed by atoms with van der Waals surface area (Å²) in [6.45, 7) is 2.48. The summed E-state index contributed by atoms with van der Waals surface area (Å²) in [5.74, 6) is -0.450. The molecule has 2 amide bonds. The number of esters is 1. The minimum atomic E-state index is -0.450. The number of aromatic amines is 1. The topological polar surface area (TPSA) is 74.4 Å². The van der Waals surface area contributed by atoms with Crippen molar-refractivity contribution in [3.8, 4) is 0 Å². The maximum absolute atomic E-state index is 13.0. The molecule has 3 aromatic rings. The predicted molar refractivity (Wildman–Crippen MR) is 121 cm³/mol. The van der Waals surface area contributed by atoms with Gasteiger partial charge in [-0.2, -0.15) is 0 Å². The fraction of sp³-hybridized carbons (Fsp3) is 0.217. The third-order valence-corrected chi connectivity index (χ3v) is 5.77. The van der Waals surface area contributed by atoms with Crippen LogP contribution in [0, 0.1) is 0 Å². The zero-order chi connectivity index (χ0) is 21.1. The molecule has 1 aromatic heterocycles. The number of carbonyl (C=O) groups excluding carboxylic acids is 2. The van der Waals surface area contributed by atoms with Gasteiger partial charge in [0.25, 0.3) is 0 Å². The van der Waals surface area contributed by atoms with E-state index in [-0.39, 0.29) is 12.6 Å². The summed E-state index contributed by atoms with van der Waals surface area (Å²) in [5, 5.41) is 3.98. The molecule has 0 saturated carbocycles. The van der Waals surface area contributed by atoms with Crippen molar-refractivity contribution in [1.29, 1.82) is 0 Å². The zero-order valence-electron chi connectivity index (χ0n) is 16.9. The van der Waals surface area contributed by atoms with Crippen LogP contribution in [0.15, 0.2) is 59.6 Å². The zero-order valence-corrected chi connectivity index (χ0v) is 17.7. The molecular formula is C23H23N3O3S. The lowest BCUT2D eigenvalue weighted by Gasteiger charge is -2.18. The molecule has 0 saturated heterocycles. The molecule has 0 radical (unpaired) electrons. The molecule has 1 aliphatic heterocycles. The van der Waals surface area contributed by atoms with Gasteiger partial charge in [0.05, 0.1) is 17.9 Å². The highest BCUT2D eigenvalue weighted by molar-refractivity contribution is 7.98. The monoisotopic (exact) mass is 421 g/mol. The summed E-state index contributed by atoms with van der Waals surface area (Å²) in [5.41, 5.74) is 3.77. The van der Waals surface area contributed by atoms with Gasteiger partial charge in [-0.05, 0) is 49.4 Å². The van der Waals surface area contributed by atoms with Gasteiger partial charge in [-0.25, -0.2) is 9.59 Å². The second-order valence-corrected chi connectivity index (χ2v) is 7.77. The third-order valence-electron chi connectivity index (χ3n) is 5.05. The Morgan fingerprint density at radius 2 is 2.03 bits per heavy atom. The van der Waals surface area contributed by atoms with E-state index < -0.39 is 5.97 Å². The van der Waals surface area contributed by atoms with Crippen LogP contribution in [0.5, 0.6) is 0 Å². The van der Waals surface area contributed by atoms with Crippen molar-refractivity contribution in [2.75, 3.05) is 24.7 Å². The van der Waals surface area contributed by atoms with Gasteiger partial charge in [-0.3, -0.25) is 4.90 Å². The summed E-state index contributed by atoms with van der Waals surface area (Å²) in [4.78, 5) is 31.7. The van der Waals surface area contributed by atoms with Crippen LogP contribution < -0.4 is 5.32 Å². The molecule has 0 aliphatic carbocycles. The highest BCUT2D eigenvalue weighted by Crippen LogP contribution is 2.31. The number of urea groups is 1. The fourth-order valence-corrected chi connectivity index (χ4v) is 4.09. The number of amides is 2. The van der Waals surface area contributed by atoms with E-state index in [0.717, 1.165) is 21.4 Å². The number of nitrogens with one attached hydrogen (secondary N) is 2. The molecule has 0 atom stereocenters. The number of anilines is 1. The Balaban J connectivity index is 1.68. The first kappa shape index (κ1) is 20.1. The summed E-state index contributed by atoms with van der Waals surface area (Å²) >= 11 is 1.61. The third kappa shape index (κ3) is 3.93. The highest BCUT2D eigenvalue weighted by atomic mass is 32.2. The molecule has 7 heteroatoms. The van der Waals surface area contributed by atoms with E-state index in [4.69, 9.17) is 4.74 Å². The Morgan fingerprint density at radius 1 is 1.20 bits per heavy atom. The summed E-state index contributed by atoms with van der Waals surface area (Å²) in [6, 6.07) is 15.3. The van der Waals surface area contributed by atoms with Crippen molar-refractivity contribution >= 4 is 45.9 Å². The maximum atomic E-state index is 13.0. The van der Waals surface area contributed by atoms with Crippen LogP contribution in [0.1, 0.15) is 18.2 Å². The molecule has 30 heavy (non-hydrogen) atoms. The first-order valence-electron chi connectivity index (χ1n) is 9.81. The Morgan fingerprint density at radius 3 is 2.83 bits per heavy atom. The molecule has 2 aromatic carbocycles. The molecule has 0 bridgehead atoms. The predicted octanol–water partition coefficient (Wildman–Crippen LogP) is 4.88. The van der Waals surface area contributed by atoms with E-state index in [0.29, 0.717) is 29.9 Å². The summed E-state index contributed by atoms with van der Waals surface area (Å²) < 4.78 is 5.28. The Kier molecular flexibility index (Phi) is 5.81. The molecule has 4 rings (SSSR count). The average Bonchev–Trinajstić information content (AvgIpc) is 3.01. The Labute approximate surface area is 179 Å². The molecule has 6 nitrogen and oxygen atoms in total. The van der Waals surface area contributed by atoms with Crippen LogP contribution in [0.3, 0.4) is 0 Å². The van der Waals surface area contributed by atoms with Gasteiger partial charge in [0.2, 0.25) is 0 Å². The maximum Gasteiger partial charge on any atom is 0.341 e. The van der Waals surface area contributed by atoms with Crippen LogP contribution in [-0.2, 0) is 16.0 Å². The minimum absolute atomic E-state index is 0.263. The highest BCUT2D eigenvalue weighted by Gasteiger charge is 2.27. The van der Waals surface area contributed by atoms with Crippen molar-refractivity contribution in [3.05, 3.63) is 66.0 Å². The number of ether oxygens (including phenoxy) is 1. The van der Waals surface area contributed by atoms with Crippen molar-refractivity contribution in [2.24, 2.45) is 0 Å². The van der Waals surface area contributed by atoms with Crippen molar-refractivity contribution in [2.45, 2.75) is 18.2 Å². The molecular weight excluding hydrogens is 398 g/mol. The van der Waals surface area contributed by atoms with Gasteiger partial charge in [-0.1, -0.05) is 24.3 Å². The number of H-pyrrole nitrogens is 1. The number of fused-ring (bicyclic) bond motifs is 3. The first-order valence-corrected chi connectivity index (χ1v) is 11.0. The lowest BCUT2D eigenvalue weighted by atomic mass is 10.0. The first-order chi connectivity index (χ1) is 14.6. The smallest absolute Gasteiger partial charge is 0.341 e. The second kappa shape index (κ2) is 8.67. The van der Waals surface area contributed by atoms with Crippen LogP contribution >= 0.6 is 11.8 Å². The second-order valence-electron chi connectivity index (χ2n) is 6.89. The van der Waals surface area contributed by atoms with E-state index in [1.807, 2.05) is 54.8 Å². The SMILES string of the molecule is CCOC(=O)C1=CN(C(=O)Nc2cccc(SC)c2)CCc2c1[nH]c1ccccc21. The number of para-hydroxylation sites is 1. The molecule has 2 heterocycles. The largest absolute Gasteiger partial charge is 0.462 e. The molecule has 0 fully saturated rings. The molecule has 0 spiro atoms. The van der Waals surface area contributed by atoms with Gasteiger partial charge in [0.15, 0.2) is 0 Å². The van der Waals surface area contributed by atoms with Gasteiger partial charge in [-0.15, -0.1) is 11.8 Å². The van der Waals surface area contributed by atoms with E-state index in [1.165, 1.54) is 0 Å². The fourth-order valence-electron chi connectivity index (χ4n) is 3.63. The molecule has 154 valence electrons. The van der Waals surface area contributed by atoms with Crippen LogP contribution in [0.4, 0.5) is 10.5 Å². The number of hydrogen-bond acceptors (Lipinski definition) is 4. The van der Waals surface area contributed by atoms with Gasteiger partial charge < -0.3 is 15.0 Å². The number of aromatic nitrogens is 1. The van der Waals surface area contributed by atoms with Crippen molar-refractivity contribution in [3.63, 3.8) is 0 Å². The van der Waals surface area contributed by atoms with Crippen molar-refractivity contribution < 1.29 is 14.3 Å². The summed E-state index contributed by atoms with van der Waals surface area (Å²) in [6.07, 6.45) is 4.20.